The Morgan fingerprint density at radius 3 is 2.06 bits per heavy atom. The molecule has 0 saturated carbocycles. The number of nitrogens with zero attached hydrogens (tertiary/aromatic N) is 1. The van der Waals surface area contributed by atoms with Crippen LogP contribution in [0, 0.1) is 20.8 Å². The fraction of sp³-hybridized carbons (Fsp3) is 0.208. The number of anilines is 1. The van der Waals surface area contributed by atoms with Gasteiger partial charge in [-0.05, 0) is 52.0 Å². The predicted octanol–water partition coefficient (Wildman–Crippen LogP) is 3.47. The molecule has 0 unspecified atom stereocenters. The fourth-order valence-electron chi connectivity index (χ4n) is 2.96. The smallest absolute Gasteiger partial charge is 0.870 e. The number of benzene rings is 2. The van der Waals surface area contributed by atoms with E-state index in [1.807, 2.05) is 26.0 Å². The average molecular weight is 545 g/mol. The molecule has 3 aromatic rings. The van der Waals surface area contributed by atoms with Gasteiger partial charge in [-0.3, -0.25) is 14.4 Å². The van der Waals surface area contributed by atoms with Crippen LogP contribution in [-0.4, -0.2) is 93.2 Å². The van der Waals surface area contributed by atoms with E-state index in [1.165, 1.54) is 6.92 Å². The zero-order valence-electron chi connectivity index (χ0n) is 20.1. The van der Waals surface area contributed by atoms with Crippen molar-refractivity contribution in [3.8, 4) is 5.75 Å². The molecule has 0 fully saturated rings. The van der Waals surface area contributed by atoms with Crippen LogP contribution in [-0.2, 0) is 9.59 Å². The number of carbonyl (C=O) groups excluding carboxylic acids is 3. The van der Waals surface area contributed by atoms with E-state index >= 15 is 0 Å². The van der Waals surface area contributed by atoms with E-state index in [0.29, 0.717) is 27.8 Å². The minimum absolute atomic E-state index is 0. The van der Waals surface area contributed by atoms with Crippen molar-refractivity contribution in [2.75, 3.05) is 11.2 Å². The normalized spacial score (nSPS) is 10.6. The second kappa shape index (κ2) is 15.5. The third kappa shape index (κ3) is 8.81. The van der Waals surface area contributed by atoms with Crippen molar-refractivity contribution in [3.05, 3.63) is 64.3 Å². The minimum atomic E-state index is -1.14. The summed E-state index contributed by atoms with van der Waals surface area (Å²) in [6.45, 7) is 6.78. The minimum Gasteiger partial charge on any atom is -0.870 e. The van der Waals surface area contributed by atoms with Crippen LogP contribution >= 0.6 is 11.6 Å². The van der Waals surface area contributed by atoms with E-state index < -0.39 is 17.7 Å². The van der Waals surface area contributed by atoms with Gasteiger partial charge in [-0.15, -0.1) is 11.6 Å². The number of carboxylic acid groups (broad SMARTS) is 1. The summed E-state index contributed by atoms with van der Waals surface area (Å²) in [6, 6.07) is 10.6. The van der Waals surface area contributed by atoms with E-state index in [2.05, 4.69) is 10.3 Å². The van der Waals surface area contributed by atoms with Crippen molar-refractivity contribution in [1.82, 2.24) is 4.98 Å². The molecule has 1 amide bonds. The number of rotatable bonds is 2. The van der Waals surface area contributed by atoms with Gasteiger partial charge in [-0.25, -0.2) is 9.78 Å². The molecule has 1 aliphatic heterocycles. The van der Waals surface area contributed by atoms with Crippen molar-refractivity contribution in [1.29, 1.82) is 0 Å². The molecule has 0 bridgehead atoms. The third-order valence-electron chi connectivity index (χ3n) is 4.57. The summed E-state index contributed by atoms with van der Waals surface area (Å²) in [7, 11) is 0. The standard InChI is InChI=1S/C12H11NO3.C9H7NO2.C3H5ClO.Ca.2H2O/c1-6-3-4-9-8(5-6)10(12(15)16)11(14)7(2)13-9;1-5-2-3-7-6(4-5)8(11)9(12)10-7;1-3(5)2-4;;;/h3-5,14H,1-2H3,(H,15,16);2-4H,1H3,(H,10,11,12);2H2,1H3;;2*1H2/q;;;+2;;/p-2. The van der Waals surface area contributed by atoms with Gasteiger partial charge in [0.15, 0.2) is 5.75 Å². The van der Waals surface area contributed by atoms with Gasteiger partial charge in [0.25, 0.3) is 11.7 Å². The summed E-state index contributed by atoms with van der Waals surface area (Å²) in [6.07, 6.45) is 0. The number of aryl methyl sites for hydroxylation is 3. The quantitative estimate of drug-likeness (QED) is 0.246. The molecular formula is C24H25CaClN2O8. The molecule has 2 heterocycles. The summed E-state index contributed by atoms with van der Waals surface area (Å²) in [5.41, 5.74) is 3.85. The second-order valence-electron chi connectivity index (χ2n) is 7.41. The number of ketones is 2. The molecule has 36 heavy (non-hydrogen) atoms. The maximum atomic E-state index is 11.1. The molecule has 0 aliphatic carbocycles. The van der Waals surface area contributed by atoms with Crippen LogP contribution in [0.4, 0.5) is 5.69 Å². The molecule has 2 aromatic carbocycles. The van der Waals surface area contributed by atoms with Crippen molar-refractivity contribution >= 4 is 89.4 Å². The predicted molar refractivity (Wildman–Crippen MR) is 135 cm³/mol. The first-order valence-corrected chi connectivity index (χ1v) is 10.3. The molecule has 1 aliphatic rings. The van der Waals surface area contributed by atoms with Crippen LogP contribution in [0.15, 0.2) is 36.4 Å². The maximum absolute atomic E-state index is 11.1. The van der Waals surface area contributed by atoms with Crippen molar-refractivity contribution < 1.29 is 40.3 Å². The van der Waals surface area contributed by atoms with Crippen molar-refractivity contribution in [2.24, 2.45) is 0 Å². The number of carbonyl (C=O) groups is 4. The number of hydrogen-bond donors (Lipinski definition) is 3. The third-order valence-corrected chi connectivity index (χ3v) is 4.94. The number of aromatic nitrogens is 1. The Balaban J connectivity index is 0. The van der Waals surface area contributed by atoms with Gasteiger partial charge >= 0.3 is 43.7 Å². The number of amides is 1. The van der Waals surface area contributed by atoms with Crippen LogP contribution in [0.2, 0.25) is 0 Å². The van der Waals surface area contributed by atoms with E-state index in [0.717, 1.165) is 11.1 Å². The molecular weight excluding hydrogens is 520 g/mol. The average Bonchev–Trinajstić information content (AvgIpc) is 3.03. The van der Waals surface area contributed by atoms with Crippen molar-refractivity contribution in [2.45, 2.75) is 27.7 Å². The van der Waals surface area contributed by atoms with Crippen LogP contribution < -0.4 is 5.32 Å². The first-order valence-electron chi connectivity index (χ1n) is 9.81. The number of halogens is 1. The Labute approximate surface area is 242 Å². The molecule has 12 heteroatoms. The van der Waals surface area contributed by atoms with E-state index in [4.69, 9.17) is 16.7 Å². The molecule has 1 aromatic heterocycles. The van der Waals surface area contributed by atoms with Gasteiger partial charge in [0.2, 0.25) is 0 Å². The van der Waals surface area contributed by atoms with Gasteiger partial charge in [0.05, 0.1) is 28.3 Å². The number of Topliss-reactive ketones (excluding diaryl/α,β-unsaturated/α-hetero) is 2. The summed E-state index contributed by atoms with van der Waals surface area (Å²) in [5.74, 6) is -2.21. The van der Waals surface area contributed by atoms with E-state index in [-0.39, 0.29) is 71.7 Å². The van der Waals surface area contributed by atoms with Gasteiger partial charge in [-0.1, -0.05) is 23.3 Å². The van der Waals surface area contributed by atoms with Gasteiger partial charge in [0, 0.05) is 5.39 Å². The van der Waals surface area contributed by atoms with Crippen LogP contribution in [0.25, 0.3) is 10.9 Å². The zero-order chi connectivity index (χ0) is 24.9. The topological polar surface area (TPSA) is 194 Å². The zero-order valence-corrected chi connectivity index (χ0v) is 23.1. The van der Waals surface area contributed by atoms with E-state index in [1.54, 1.807) is 31.2 Å². The summed E-state index contributed by atoms with van der Waals surface area (Å²) in [4.78, 5) is 47.0. The van der Waals surface area contributed by atoms with Crippen LogP contribution in [0.5, 0.6) is 5.75 Å². The summed E-state index contributed by atoms with van der Waals surface area (Å²) in [5, 5.41) is 21.8. The van der Waals surface area contributed by atoms with E-state index in [9.17, 15) is 24.3 Å². The SMILES string of the molecule is CC(=O)CCl.Cc1ccc2c(c1)C(=O)C(=O)N2.Cc1ccc2nc(C)c(O)c(C(=O)O)c2c1.[Ca+2].[OH-].[OH-]. The molecule has 10 nitrogen and oxygen atoms in total. The number of pyridine rings is 1. The number of hydrogen-bond acceptors (Lipinski definition) is 8. The second-order valence-corrected chi connectivity index (χ2v) is 7.68. The van der Waals surface area contributed by atoms with Crippen LogP contribution in [0.3, 0.4) is 0 Å². The number of nitrogens with one attached hydrogen (secondary N) is 1. The Kier molecular flexibility index (Phi) is 15.3. The maximum Gasteiger partial charge on any atom is 2.00 e. The number of alkyl halides is 1. The van der Waals surface area contributed by atoms with Gasteiger partial charge in [0.1, 0.15) is 11.3 Å². The van der Waals surface area contributed by atoms with Gasteiger partial charge < -0.3 is 26.5 Å². The van der Waals surface area contributed by atoms with Crippen molar-refractivity contribution in [3.63, 3.8) is 0 Å². The molecule has 4 rings (SSSR count). The Hall–Kier alpha value is -2.60. The Bertz CT molecular complexity index is 1280. The molecule has 0 radical (unpaired) electrons. The molecule has 5 N–H and O–H groups in total. The number of carboxylic acids is 1. The van der Waals surface area contributed by atoms with Crippen LogP contribution in [0.1, 0.15) is 44.5 Å². The fourth-order valence-corrected chi connectivity index (χ4v) is 2.96. The molecule has 0 spiro atoms. The first-order chi connectivity index (χ1) is 15.5. The molecule has 0 saturated heterocycles. The Morgan fingerprint density at radius 1 is 1.00 bits per heavy atom. The summed E-state index contributed by atoms with van der Waals surface area (Å²) < 4.78 is 0. The first kappa shape index (κ1) is 35.6. The Morgan fingerprint density at radius 2 is 1.53 bits per heavy atom. The van der Waals surface area contributed by atoms with Gasteiger partial charge in [-0.2, -0.15) is 0 Å². The molecule has 188 valence electrons. The number of aromatic carboxylic acids is 1. The largest absolute Gasteiger partial charge is 2.00 e. The monoisotopic (exact) mass is 544 g/mol. The number of aromatic hydroxyl groups is 1. The summed E-state index contributed by atoms with van der Waals surface area (Å²) >= 11 is 4.99. The molecule has 0 atom stereocenters. The number of fused-ring (bicyclic) bond motifs is 2.